The van der Waals surface area contributed by atoms with E-state index in [0.717, 1.165) is 44.9 Å². The van der Waals surface area contributed by atoms with Crippen LogP contribution in [0.1, 0.15) is 11.1 Å². The zero-order chi connectivity index (χ0) is 34.9. The Balaban J connectivity index is 1.20. The summed E-state index contributed by atoms with van der Waals surface area (Å²) in [5.74, 6) is 0.722. The van der Waals surface area contributed by atoms with E-state index in [1.807, 2.05) is 24.3 Å². The third-order valence-corrected chi connectivity index (χ3v) is 10.9. The van der Waals surface area contributed by atoms with E-state index < -0.39 is 5.66 Å². The molecule has 0 atom stereocenters. The van der Waals surface area contributed by atoms with Crippen LogP contribution >= 0.6 is 0 Å². The van der Waals surface area contributed by atoms with E-state index in [1.165, 1.54) is 44.4 Å². The number of rotatable bonds is 4. The van der Waals surface area contributed by atoms with Crippen LogP contribution in [0.4, 0.5) is 22.7 Å². The molecule has 0 amide bonds. The van der Waals surface area contributed by atoms with Crippen LogP contribution in [0.15, 0.2) is 194 Å². The van der Waals surface area contributed by atoms with Crippen LogP contribution in [-0.2, 0) is 5.66 Å². The van der Waals surface area contributed by atoms with Crippen molar-refractivity contribution in [1.29, 1.82) is 0 Å². The van der Waals surface area contributed by atoms with Crippen LogP contribution in [0.25, 0.3) is 55.4 Å². The molecule has 0 unspecified atom stereocenters. The number of anilines is 4. The molecule has 1 aliphatic carbocycles. The van der Waals surface area contributed by atoms with Gasteiger partial charge in [0.15, 0.2) is 11.5 Å². The van der Waals surface area contributed by atoms with E-state index in [9.17, 15) is 0 Å². The van der Waals surface area contributed by atoms with Crippen molar-refractivity contribution in [2.45, 2.75) is 5.66 Å². The molecule has 248 valence electrons. The second-order valence-corrected chi connectivity index (χ2v) is 13.7. The van der Waals surface area contributed by atoms with Crippen molar-refractivity contribution in [3.63, 3.8) is 0 Å². The predicted molar refractivity (Wildman–Crippen MR) is 218 cm³/mol. The van der Waals surface area contributed by atoms with Gasteiger partial charge in [0.05, 0.1) is 22.6 Å². The highest BCUT2D eigenvalue weighted by atomic mass is 15.4. The van der Waals surface area contributed by atoms with Crippen molar-refractivity contribution in [2.75, 3.05) is 9.80 Å². The standard InChI is InChI=1S/C49H32N4/c1-3-15-35(16-4-1)48-50-43-26-12-9-23-40(43)47(51-48)34-29-31-37(32-30-34)53-45-28-14-18-33-17-13-27-44(46(33)45)52(36-19-5-2-6-20-36)49(53)41-24-10-7-21-38(41)39-22-8-11-25-42(39)49/h1-32H. The summed E-state index contributed by atoms with van der Waals surface area (Å²) in [6.07, 6.45) is 0. The zero-order valence-electron chi connectivity index (χ0n) is 28.8. The Bertz CT molecular complexity index is 2800. The maximum Gasteiger partial charge on any atom is 0.176 e. The van der Waals surface area contributed by atoms with Crippen LogP contribution in [0, 0.1) is 0 Å². The van der Waals surface area contributed by atoms with Gasteiger partial charge in [-0.2, -0.15) is 0 Å². The molecule has 0 bridgehead atoms. The van der Waals surface area contributed by atoms with Gasteiger partial charge in [0.1, 0.15) is 0 Å². The molecule has 0 N–H and O–H groups in total. The molecule has 1 aliphatic heterocycles. The number of fused-ring (bicyclic) bond motifs is 6. The van der Waals surface area contributed by atoms with E-state index in [4.69, 9.17) is 9.97 Å². The highest BCUT2D eigenvalue weighted by molar-refractivity contribution is 6.11. The molecule has 0 fully saturated rings. The first-order valence-electron chi connectivity index (χ1n) is 18.1. The molecule has 4 nitrogen and oxygen atoms in total. The Kier molecular flexibility index (Phi) is 6.43. The van der Waals surface area contributed by atoms with Gasteiger partial charge >= 0.3 is 0 Å². The molecule has 4 heteroatoms. The average molecular weight is 677 g/mol. The lowest BCUT2D eigenvalue weighted by atomic mass is 9.85. The summed E-state index contributed by atoms with van der Waals surface area (Å²) in [5.41, 5.74) is 12.7. The largest absolute Gasteiger partial charge is 0.309 e. The highest BCUT2D eigenvalue weighted by Gasteiger charge is 2.56. The van der Waals surface area contributed by atoms with Crippen molar-refractivity contribution >= 4 is 44.4 Å². The quantitative estimate of drug-likeness (QED) is 0.186. The molecule has 1 aromatic heterocycles. The Morgan fingerprint density at radius 3 is 1.60 bits per heavy atom. The average Bonchev–Trinajstić information content (AvgIpc) is 3.51. The van der Waals surface area contributed by atoms with Crippen molar-refractivity contribution in [3.8, 4) is 33.8 Å². The fourth-order valence-electron chi connectivity index (χ4n) is 8.80. The van der Waals surface area contributed by atoms with Gasteiger partial charge in [0, 0.05) is 44.4 Å². The van der Waals surface area contributed by atoms with E-state index in [1.54, 1.807) is 0 Å². The maximum atomic E-state index is 5.19. The fraction of sp³-hybridized carbons (Fsp3) is 0.0204. The van der Waals surface area contributed by atoms with Crippen molar-refractivity contribution in [1.82, 2.24) is 9.97 Å². The maximum absolute atomic E-state index is 5.19. The summed E-state index contributed by atoms with van der Waals surface area (Å²) in [7, 11) is 0. The summed E-state index contributed by atoms with van der Waals surface area (Å²) in [4.78, 5) is 15.3. The van der Waals surface area contributed by atoms with Crippen molar-refractivity contribution in [3.05, 3.63) is 205 Å². The van der Waals surface area contributed by atoms with Gasteiger partial charge in [0.25, 0.3) is 0 Å². The third-order valence-electron chi connectivity index (χ3n) is 10.9. The van der Waals surface area contributed by atoms with Gasteiger partial charge < -0.3 is 9.80 Å². The second kappa shape index (κ2) is 11.5. The Morgan fingerprint density at radius 1 is 0.396 bits per heavy atom. The number of hydrogen-bond donors (Lipinski definition) is 0. The molecule has 9 aromatic rings. The van der Waals surface area contributed by atoms with E-state index in [2.05, 4.69) is 180 Å². The van der Waals surface area contributed by atoms with Gasteiger partial charge in [-0.05, 0) is 59.0 Å². The van der Waals surface area contributed by atoms with E-state index in [-0.39, 0.29) is 0 Å². The van der Waals surface area contributed by atoms with Crippen LogP contribution in [0.5, 0.6) is 0 Å². The van der Waals surface area contributed by atoms with Crippen LogP contribution in [0.2, 0.25) is 0 Å². The van der Waals surface area contributed by atoms with Crippen molar-refractivity contribution in [2.24, 2.45) is 0 Å². The number of aromatic nitrogens is 2. The van der Waals surface area contributed by atoms with E-state index in [0.29, 0.717) is 0 Å². The minimum atomic E-state index is -0.735. The molecule has 2 heterocycles. The molecule has 11 rings (SSSR count). The SMILES string of the molecule is c1ccc(-c2nc(-c3ccc(N4c5cccc6cccc(c56)N(c5ccccc5)C45c4ccccc4-c4ccccc45)cc3)c3ccccc3n2)cc1. The minimum Gasteiger partial charge on any atom is -0.309 e. The second-order valence-electron chi connectivity index (χ2n) is 13.7. The monoisotopic (exact) mass is 676 g/mol. The highest BCUT2D eigenvalue weighted by Crippen LogP contribution is 2.63. The Labute approximate surface area is 307 Å². The molecular formula is C49H32N4. The molecule has 0 saturated carbocycles. The number of benzene rings is 8. The lowest BCUT2D eigenvalue weighted by Gasteiger charge is -2.55. The fourth-order valence-corrected chi connectivity index (χ4v) is 8.80. The van der Waals surface area contributed by atoms with Crippen LogP contribution in [-0.4, -0.2) is 9.97 Å². The first-order valence-corrected chi connectivity index (χ1v) is 18.1. The zero-order valence-corrected chi connectivity index (χ0v) is 28.8. The van der Waals surface area contributed by atoms with Crippen LogP contribution < -0.4 is 9.80 Å². The van der Waals surface area contributed by atoms with Gasteiger partial charge in [-0.25, -0.2) is 9.97 Å². The smallest absolute Gasteiger partial charge is 0.176 e. The minimum absolute atomic E-state index is 0.722. The first-order chi connectivity index (χ1) is 26.3. The summed E-state index contributed by atoms with van der Waals surface area (Å²) >= 11 is 0. The molecular weight excluding hydrogens is 645 g/mol. The topological polar surface area (TPSA) is 32.3 Å². The Morgan fingerprint density at radius 2 is 0.943 bits per heavy atom. The van der Waals surface area contributed by atoms with Crippen LogP contribution in [0.3, 0.4) is 0 Å². The molecule has 2 aliphatic rings. The summed E-state index contributed by atoms with van der Waals surface area (Å²) < 4.78 is 0. The Hall–Kier alpha value is -7.04. The molecule has 53 heavy (non-hydrogen) atoms. The number of hydrogen-bond acceptors (Lipinski definition) is 4. The first kappa shape index (κ1) is 29.7. The number of nitrogens with zero attached hydrogens (tertiary/aromatic N) is 4. The molecule has 0 radical (unpaired) electrons. The molecule has 0 saturated heterocycles. The van der Waals surface area contributed by atoms with E-state index >= 15 is 0 Å². The summed E-state index contributed by atoms with van der Waals surface area (Å²) in [6.45, 7) is 0. The lowest BCUT2D eigenvalue weighted by Crippen LogP contribution is -2.57. The summed E-state index contributed by atoms with van der Waals surface area (Å²) in [6, 6.07) is 69.7. The van der Waals surface area contributed by atoms with Gasteiger partial charge in [-0.15, -0.1) is 0 Å². The lowest BCUT2D eigenvalue weighted by molar-refractivity contribution is 0.541. The summed E-state index contributed by atoms with van der Waals surface area (Å²) in [5, 5.41) is 3.46. The van der Waals surface area contributed by atoms with Gasteiger partial charge in [-0.3, -0.25) is 0 Å². The normalized spacial score (nSPS) is 13.7. The third kappa shape index (κ3) is 4.24. The predicted octanol–water partition coefficient (Wildman–Crippen LogP) is 12.3. The van der Waals surface area contributed by atoms with Crippen molar-refractivity contribution < 1.29 is 0 Å². The number of para-hydroxylation sites is 2. The molecule has 1 spiro atoms. The molecule has 8 aromatic carbocycles. The van der Waals surface area contributed by atoms with Gasteiger partial charge in [0.2, 0.25) is 0 Å². The van der Waals surface area contributed by atoms with Gasteiger partial charge in [-0.1, -0.05) is 152 Å².